The molecule has 2 nitrogen and oxygen atoms in total. The zero-order chi connectivity index (χ0) is 18.0. The number of aromatic nitrogens is 1. The van der Waals surface area contributed by atoms with Crippen LogP contribution in [0.25, 0.3) is 34.5 Å². The second-order valence-corrected chi connectivity index (χ2v) is 7.07. The number of benzene rings is 2. The molecule has 0 saturated carbocycles. The van der Waals surface area contributed by atoms with Crippen molar-refractivity contribution in [1.29, 1.82) is 0 Å². The summed E-state index contributed by atoms with van der Waals surface area (Å²) in [6.45, 7) is 0. The van der Waals surface area contributed by atoms with E-state index in [1.807, 2.05) is 36.4 Å². The molecule has 0 atom stereocenters. The smallest absolute Gasteiger partial charge is 0.195 e. The molecule has 2 heteroatoms. The first-order valence-electron chi connectivity index (χ1n) is 9.07. The van der Waals surface area contributed by atoms with Gasteiger partial charge in [0.15, 0.2) is 5.78 Å². The average molecular weight is 345 g/mol. The van der Waals surface area contributed by atoms with Gasteiger partial charge in [0.2, 0.25) is 0 Å². The summed E-state index contributed by atoms with van der Waals surface area (Å²) in [6, 6.07) is 22.5. The number of carbonyl (C=O) groups excluding carboxylic acids is 1. The molecular weight excluding hydrogens is 330 g/mol. The van der Waals surface area contributed by atoms with Crippen molar-refractivity contribution in [3.05, 3.63) is 106 Å². The number of rotatable bonds is 1. The predicted molar refractivity (Wildman–Crippen MR) is 108 cm³/mol. The number of para-hydroxylation sites is 1. The molecule has 0 saturated heterocycles. The van der Waals surface area contributed by atoms with Gasteiger partial charge in [0.25, 0.3) is 0 Å². The van der Waals surface area contributed by atoms with E-state index in [0.29, 0.717) is 0 Å². The Morgan fingerprint density at radius 2 is 1.63 bits per heavy atom. The Morgan fingerprint density at radius 1 is 0.815 bits per heavy atom. The second kappa shape index (κ2) is 5.18. The summed E-state index contributed by atoms with van der Waals surface area (Å²) < 4.78 is 2.08. The number of hydrogen-bond donors (Lipinski definition) is 0. The first-order chi connectivity index (χ1) is 13.3. The molecule has 0 amide bonds. The van der Waals surface area contributed by atoms with Crippen LogP contribution in [0.3, 0.4) is 0 Å². The highest BCUT2D eigenvalue weighted by Crippen LogP contribution is 2.40. The summed E-state index contributed by atoms with van der Waals surface area (Å²) in [6.07, 6.45) is 8.40. The molecule has 0 N–H and O–H groups in total. The van der Waals surface area contributed by atoms with Crippen LogP contribution >= 0.6 is 0 Å². The maximum atomic E-state index is 13.5. The number of carbonyl (C=O) groups is 1. The average Bonchev–Trinajstić information content (AvgIpc) is 3.26. The molecule has 0 unspecified atom stereocenters. The van der Waals surface area contributed by atoms with Crippen LogP contribution in [-0.4, -0.2) is 10.4 Å². The third-order valence-electron chi connectivity index (χ3n) is 5.51. The molecule has 1 heterocycles. The first-order valence-corrected chi connectivity index (χ1v) is 9.07. The van der Waals surface area contributed by atoms with Crippen LogP contribution in [-0.2, 0) is 0 Å². The van der Waals surface area contributed by atoms with E-state index in [1.165, 1.54) is 0 Å². The fourth-order valence-corrected chi connectivity index (χ4v) is 4.27. The first kappa shape index (κ1) is 14.5. The SMILES string of the molecule is O=C1C2=c3ccccc3=CC2=Cc2cc3ccn(-c4ccccc4)cc-3c21. The molecule has 2 aromatic carbocycles. The Morgan fingerprint density at radius 3 is 2.52 bits per heavy atom. The Balaban J connectivity index is 1.62. The molecule has 6 rings (SSSR count). The summed E-state index contributed by atoms with van der Waals surface area (Å²) in [5.74, 6) is 0.129. The minimum atomic E-state index is 0.129. The third-order valence-corrected chi connectivity index (χ3v) is 5.51. The van der Waals surface area contributed by atoms with Crippen molar-refractivity contribution in [2.75, 3.05) is 0 Å². The zero-order valence-corrected chi connectivity index (χ0v) is 14.5. The number of nitrogens with zero attached hydrogens (tertiary/aromatic N) is 1. The van der Waals surface area contributed by atoms with E-state index in [0.717, 1.165) is 49.5 Å². The molecule has 0 spiro atoms. The topological polar surface area (TPSA) is 22.0 Å². The van der Waals surface area contributed by atoms with E-state index in [-0.39, 0.29) is 5.78 Å². The Bertz CT molecular complexity index is 1370. The van der Waals surface area contributed by atoms with Gasteiger partial charge in [-0.05, 0) is 63.6 Å². The largest absolute Gasteiger partial charge is 0.323 e. The molecule has 1 aliphatic heterocycles. The van der Waals surface area contributed by atoms with Gasteiger partial charge in [-0.2, -0.15) is 0 Å². The van der Waals surface area contributed by atoms with Crippen LogP contribution in [0.5, 0.6) is 0 Å². The Kier molecular flexibility index (Phi) is 2.78. The van der Waals surface area contributed by atoms with Crippen LogP contribution < -0.4 is 10.4 Å². The molecule has 0 fully saturated rings. The second-order valence-electron chi connectivity index (χ2n) is 7.07. The van der Waals surface area contributed by atoms with E-state index in [1.54, 1.807) is 0 Å². The molecular formula is C25H15NO. The highest BCUT2D eigenvalue weighted by molar-refractivity contribution is 6.37. The molecule has 126 valence electrons. The maximum absolute atomic E-state index is 13.5. The number of Topliss-reactive ketones (excluding diaryl/α,β-unsaturated/α-hetero) is 1. The van der Waals surface area contributed by atoms with Crippen LogP contribution in [0.2, 0.25) is 0 Å². The molecule has 0 aromatic heterocycles. The lowest BCUT2D eigenvalue weighted by Gasteiger charge is -2.14. The third kappa shape index (κ3) is 1.98. The van der Waals surface area contributed by atoms with Gasteiger partial charge in [0, 0.05) is 34.8 Å². The van der Waals surface area contributed by atoms with E-state index in [2.05, 4.69) is 59.4 Å². The van der Waals surface area contributed by atoms with Gasteiger partial charge >= 0.3 is 0 Å². The lowest BCUT2D eigenvalue weighted by molar-refractivity contribution is 0.105. The monoisotopic (exact) mass is 345 g/mol. The van der Waals surface area contributed by atoms with Crippen molar-refractivity contribution >= 4 is 23.5 Å². The fourth-order valence-electron chi connectivity index (χ4n) is 4.27. The van der Waals surface area contributed by atoms with Crippen LogP contribution in [0.1, 0.15) is 15.9 Å². The van der Waals surface area contributed by atoms with Crippen molar-refractivity contribution in [3.8, 4) is 16.8 Å². The van der Waals surface area contributed by atoms with E-state index in [4.69, 9.17) is 0 Å². The Hall–Kier alpha value is -3.65. The number of fused-ring (bicyclic) bond motifs is 5. The number of pyridine rings is 1. The van der Waals surface area contributed by atoms with Gasteiger partial charge in [-0.3, -0.25) is 4.79 Å². The number of ketones is 1. The van der Waals surface area contributed by atoms with Crippen LogP contribution in [0.15, 0.2) is 84.7 Å². The maximum Gasteiger partial charge on any atom is 0.195 e. The van der Waals surface area contributed by atoms with Crippen molar-refractivity contribution in [3.63, 3.8) is 0 Å². The highest BCUT2D eigenvalue weighted by Gasteiger charge is 2.31. The molecule has 3 aliphatic carbocycles. The van der Waals surface area contributed by atoms with Crippen molar-refractivity contribution in [2.45, 2.75) is 0 Å². The summed E-state index contributed by atoms with van der Waals surface area (Å²) in [5, 5.41) is 2.17. The van der Waals surface area contributed by atoms with E-state index >= 15 is 0 Å². The molecule has 0 bridgehead atoms. The van der Waals surface area contributed by atoms with Crippen LogP contribution in [0, 0.1) is 0 Å². The van der Waals surface area contributed by atoms with Gasteiger partial charge in [0.05, 0.1) is 0 Å². The van der Waals surface area contributed by atoms with Gasteiger partial charge in [0.1, 0.15) is 0 Å². The van der Waals surface area contributed by atoms with Gasteiger partial charge in [-0.1, -0.05) is 42.5 Å². The lowest BCUT2D eigenvalue weighted by Crippen LogP contribution is -2.25. The van der Waals surface area contributed by atoms with Crippen molar-refractivity contribution in [1.82, 2.24) is 4.57 Å². The highest BCUT2D eigenvalue weighted by atomic mass is 16.1. The van der Waals surface area contributed by atoms with Crippen molar-refractivity contribution in [2.24, 2.45) is 0 Å². The number of hydrogen-bond acceptors (Lipinski definition) is 1. The van der Waals surface area contributed by atoms with Crippen molar-refractivity contribution < 1.29 is 4.79 Å². The predicted octanol–water partition coefficient (Wildman–Crippen LogP) is 3.81. The van der Waals surface area contributed by atoms with E-state index < -0.39 is 0 Å². The molecule has 4 aliphatic rings. The summed E-state index contributed by atoms with van der Waals surface area (Å²) in [5.41, 5.74) is 6.89. The molecule has 2 aromatic rings. The van der Waals surface area contributed by atoms with Gasteiger partial charge < -0.3 is 4.57 Å². The summed E-state index contributed by atoms with van der Waals surface area (Å²) >= 11 is 0. The van der Waals surface area contributed by atoms with Crippen LogP contribution in [0.4, 0.5) is 0 Å². The van der Waals surface area contributed by atoms with Gasteiger partial charge in [-0.15, -0.1) is 0 Å². The minimum Gasteiger partial charge on any atom is -0.323 e. The molecule has 0 radical (unpaired) electrons. The normalized spacial score (nSPS) is 14.4. The molecule has 27 heavy (non-hydrogen) atoms. The number of allylic oxidation sites excluding steroid dienone is 1. The minimum absolute atomic E-state index is 0.129. The standard InChI is InChI=1S/C25H15NO/c27-25-23-18(12-16-6-4-5-9-21(16)23)14-19-13-17-10-11-26(15-22(17)24(19)25)20-7-2-1-3-8-20/h1-15H. The van der Waals surface area contributed by atoms with E-state index in [9.17, 15) is 4.79 Å². The zero-order valence-electron chi connectivity index (χ0n) is 14.5. The fraction of sp³-hybridized carbons (Fsp3) is 0. The quantitative estimate of drug-likeness (QED) is 0.514. The summed E-state index contributed by atoms with van der Waals surface area (Å²) in [4.78, 5) is 13.5. The summed E-state index contributed by atoms with van der Waals surface area (Å²) in [7, 11) is 0. The lowest BCUT2D eigenvalue weighted by atomic mass is 9.89. The van der Waals surface area contributed by atoms with Gasteiger partial charge in [-0.25, -0.2) is 0 Å². The Labute approximate surface area is 156 Å².